The molecule has 5 rings (SSSR count). The van der Waals surface area contributed by atoms with E-state index in [9.17, 15) is 5.11 Å². The number of β-amino-alcohol motifs (C(OH)–C–C–N with tert-alkyl or cyclic N) is 1. The van der Waals surface area contributed by atoms with Crippen molar-refractivity contribution in [2.24, 2.45) is 0 Å². The van der Waals surface area contributed by atoms with Crippen molar-refractivity contribution in [1.29, 1.82) is 0 Å². The van der Waals surface area contributed by atoms with Gasteiger partial charge in [-0.2, -0.15) is 0 Å². The number of aromatic nitrogens is 3. The van der Waals surface area contributed by atoms with Crippen molar-refractivity contribution in [2.45, 2.75) is 12.2 Å². The van der Waals surface area contributed by atoms with Crippen molar-refractivity contribution in [3.8, 4) is 5.88 Å². The summed E-state index contributed by atoms with van der Waals surface area (Å²) in [6.45, 7) is 2.69. The molecule has 7 heteroatoms. The molecule has 0 bridgehead atoms. The molecule has 1 N–H and O–H groups in total. The molecule has 1 aromatic carbocycles. The third kappa shape index (κ3) is 2.70. The number of nitrogens with zero attached hydrogens (tertiary/aromatic N) is 5. The first-order chi connectivity index (χ1) is 12.8. The lowest BCUT2D eigenvalue weighted by molar-refractivity contribution is 0.135. The quantitative estimate of drug-likeness (QED) is 0.764. The molecule has 0 amide bonds. The molecule has 2 aliphatic heterocycles. The van der Waals surface area contributed by atoms with Crippen LogP contribution >= 0.6 is 0 Å². The summed E-state index contributed by atoms with van der Waals surface area (Å²) in [5.74, 6) is 2.21. The van der Waals surface area contributed by atoms with Crippen LogP contribution in [0, 0.1) is 0 Å². The van der Waals surface area contributed by atoms with Gasteiger partial charge in [0.05, 0.1) is 24.7 Å². The molecule has 4 heterocycles. The van der Waals surface area contributed by atoms with E-state index in [1.165, 1.54) is 0 Å². The molecule has 2 aromatic heterocycles. The molecule has 2 saturated heterocycles. The first-order valence-corrected chi connectivity index (χ1v) is 8.78. The van der Waals surface area contributed by atoms with Gasteiger partial charge in [-0.15, -0.1) is 0 Å². The molecule has 7 nitrogen and oxygen atoms in total. The second-order valence-corrected chi connectivity index (χ2v) is 6.75. The number of para-hydroxylation sites is 1. The summed E-state index contributed by atoms with van der Waals surface area (Å²) in [7, 11) is 0. The highest BCUT2D eigenvalue weighted by molar-refractivity contribution is 5.80. The summed E-state index contributed by atoms with van der Waals surface area (Å²) >= 11 is 0. The Balaban J connectivity index is 1.26. The van der Waals surface area contributed by atoms with E-state index in [0.717, 1.165) is 29.8 Å². The number of anilines is 2. The van der Waals surface area contributed by atoms with Gasteiger partial charge in [-0.1, -0.05) is 18.2 Å². The number of pyridine rings is 1. The smallest absolute Gasteiger partial charge is 0.258 e. The SMILES string of the molecule is OC1CN(c2nccnc2OC2CN(c3ccc4ccccc4n3)C2)C1. The lowest BCUT2D eigenvalue weighted by Crippen LogP contribution is -2.55. The van der Waals surface area contributed by atoms with Crippen LogP contribution in [0.2, 0.25) is 0 Å². The van der Waals surface area contributed by atoms with E-state index < -0.39 is 0 Å². The molecule has 2 aliphatic rings. The fraction of sp³-hybridized carbons (Fsp3) is 0.316. The Hall–Kier alpha value is -2.93. The summed E-state index contributed by atoms with van der Waals surface area (Å²) in [5, 5.41) is 10.6. The largest absolute Gasteiger partial charge is 0.468 e. The highest BCUT2D eigenvalue weighted by Gasteiger charge is 2.33. The molecule has 132 valence electrons. The lowest BCUT2D eigenvalue weighted by Gasteiger charge is -2.41. The number of aliphatic hydroxyl groups is 1. The molecule has 2 fully saturated rings. The monoisotopic (exact) mass is 349 g/mol. The number of rotatable bonds is 4. The molecular formula is C19H19N5O2. The minimum atomic E-state index is -0.289. The van der Waals surface area contributed by atoms with E-state index in [-0.39, 0.29) is 12.2 Å². The predicted molar refractivity (Wildman–Crippen MR) is 98.6 cm³/mol. The second-order valence-electron chi connectivity index (χ2n) is 6.75. The van der Waals surface area contributed by atoms with Gasteiger partial charge >= 0.3 is 0 Å². The maximum atomic E-state index is 9.50. The first-order valence-electron chi connectivity index (χ1n) is 8.78. The van der Waals surface area contributed by atoms with Gasteiger partial charge in [-0.25, -0.2) is 15.0 Å². The van der Waals surface area contributed by atoms with Crippen LogP contribution in [-0.2, 0) is 0 Å². The summed E-state index contributed by atoms with van der Waals surface area (Å²) in [5.41, 5.74) is 1.00. The van der Waals surface area contributed by atoms with Gasteiger partial charge in [0.1, 0.15) is 11.9 Å². The average molecular weight is 349 g/mol. The Morgan fingerprint density at radius 1 is 0.923 bits per heavy atom. The molecule has 0 radical (unpaired) electrons. The zero-order valence-corrected chi connectivity index (χ0v) is 14.2. The third-order valence-electron chi connectivity index (χ3n) is 4.84. The van der Waals surface area contributed by atoms with Crippen LogP contribution in [0.5, 0.6) is 5.88 Å². The molecule has 3 aromatic rings. The summed E-state index contributed by atoms with van der Waals surface area (Å²) in [6.07, 6.45) is 3.06. The van der Waals surface area contributed by atoms with E-state index in [0.29, 0.717) is 24.8 Å². The maximum Gasteiger partial charge on any atom is 0.258 e. The molecule has 26 heavy (non-hydrogen) atoms. The summed E-state index contributed by atoms with van der Waals surface area (Å²) in [6, 6.07) is 12.3. The van der Waals surface area contributed by atoms with Crippen LogP contribution in [0.15, 0.2) is 48.8 Å². The Labute approximate surface area is 150 Å². The summed E-state index contributed by atoms with van der Waals surface area (Å²) in [4.78, 5) is 17.6. The van der Waals surface area contributed by atoms with Crippen molar-refractivity contribution >= 4 is 22.5 Å². The van der Waals surface area contributed by atoms with Crippen LogP contribution in [0.25, 0.3) is 10.9 Å². The van der Waals surface area contributed by atoms with Crippen LogP contribution < -0.4 is 14.5 Å². The van der Waals surface area contributed by atoms with E-state index in [4.69, 9.17) is 9.72 Å². The highest BCUT2D eigenvalue weighted by atomic mass is 16.5. The van der Waals surface area contributed by atoms with E-state index in [1.807, 2.05) is 29.2 Å². The number of aliphatic hydroxyl groups excluding tert-OH is 1. The van der Waals surface area contributed by atoms with Gasteiger partial charge in [0, 0.05) is 30.9 Å². The Morgan fingerprint density at radius 3 is 2.58 bits per heavy atom. The first kappa shape index (κ1) is 15.3. The van der Waals surface area contributed by atoms with Crippen molar-refractivity contribution < 1.29 is 9.84 Å². The van der Waals surface area contributed by atoms with Crippen LogP contribution in [0.4, 0.5) is 11.6 Å². The number of benzene rings is 1. The normalized spacial score (nSPS) is 17.9. The maximum absolute atomic E-state index is 9.50. The lowest BCUT2D eigenvalue weighted by atomic mass is 10.1. The predicted octanol–water partition coefficient (Wildman–Crippen LogP) is 1.47. The van der Waals surface area contributed by atoms with Crippen molar-refractivity contribution in [3.63, 3.8) is 0 Å². The zero-order valence-electron chi connectivity index (χ0n) is 14.2. The van der Waals surface area contributed by atoms with Gasteiger partial charge in [-0.3, -0.25) is 0 Å². The average Bonchev–Trinajstić information content (AvgIpc) is 2.62. The Morgan fingerprint density at radius 2 is 1.73 bits per heavy atom. The van der Waals surface area contributed by atoms with Gasteiger partial charge < -0.3 is 19.6 Å². The van der Waals surface area contributed by atoms with Gasteiger partial charge in [0.15, 0.2) is 5.82 Å². The minimum absolute atomic E-state index is 0.0601. The summed E-state index contributed by atoms with van der Waals surface area (Å²) < 4.78 is 6.05. The number of fused-ring (bicyclic) bond motifs is 1. The molecule has 0 saturated carbocycles. The van der Waals surface area contributed by atoms with Gasteiger partial charge in [0.2, 0.25) is 0 Å². The van der Waals surface area contributed by atoms with E-state index in [1.54, 1.807) is 12.4 Å². The van der Waals surface area contributed by atoms with Gasteiger partial charge in [0.25, 0.3) is 5.88 Å². The Bertz CT molecular complexity index is 938. The highest BCUT2D eigenvalue weighted by Crippen LogP contribution is 2.30. The zero-order chi connectivity index (χ0) is 17.5. The van der Waals surface area contributed by atoms with E-state index in [2.05, 4.69) is 27.0 Å². The van der Waals surface area contributed by atoms with Crippen molar-refractivity contribution in [3.05, 3.63) is 48.8 Å². The number of hydrogen-bond acceptors (Lipinski definition) is 7. The molecule has 0 spiro atoms. The molecular weight excluding hydrogens is 330 g/mol. The van der Waals surface area contributed by atoms with Crippen LogP contribution in [0.3, 0.4) is 0 Å². The third-order valence-corrected chi connectivity index (χ3v) is 4.84. The van der Waals surface area contributed by atoms with Crippen molar-refractivity contribution in [2.75, 3.05) is 36.0 Å². The van der Waals surface area contributed by atoms with Gasteiger partial charge in [-0.05, 0) is 18.2 Å². The minimum Gasteiger partial charge on any atom is -0.468 e. The number of hydrogen-bond donors (Lipinski definition) is 1. The standard InChI is InChI=1S/C19H19N5O2/c25-14-9-24(10-14)18-19(21-8-7-20-18)26-15-11-23(12-15)17-6-5-13-3-1-2-4-16(13)22-17/h1-8,14-15,25H,9-12H2. The van der Waals surface area contributed by atoms with Crippen LogP contribution in [-0.4, -0.2) is 58.4 Å². The van der Waals surface area contributed by atoms with Crippen molar-refractivity contribution in [1.82, 2.24) is 15.0 Å². The van der Waals surface area contributed by atoms with Crippen LogP contribution in [0.1, 0.15) is 0 Å². The Kier molecular flexibility index (Phi) is 3.60. The topological polar surface area (TPSA) is 74.6 Å². The molecule has 0 aliphatic carbocycles. The van der Waals surface area contributed by atoms with E-state index >= 15 is 0 Å². The number of ether oxygens (including phenoxy) is 1. The fourth-order valence-electron chi connectivity index (χ4n) is 3.34. The molecule has 0 unspecified atom stereocenters. The fourth-order valence-corrected chi connectivity index (χ4v) is 3.34. The molecule has 0 atom stereocenters. The second kappa shape index (κ2) is 6.10.